The first-order valence-corrected chi connectivity index (χ1v) is 7.11. The third kappa shape index (κ3) is 3.70. The summed E-state index contributed by atoms with van der Waals surface area (Å²) in [6.45, 7) is 1.24. The minimum absolute atomic E-state index is 0.0226. The third-order valence-electron chi connectivity index (χ3n) is 3.25. The van der Waals surface area contributed by atoms with Crippen molar-refractivity contribution in [3.05, 3.63) is 63.9 Å². The number of halogens is 2. The first-order valence-electron chi connectivity index (χ1n) is 6.36. The van der Waals surface area contributed by atoms with Gasteiger partial charge in [-0.15, -0.1) is 0 Å². The van der Waals surface area contributed by atoms with Crippen LogP contribution in [0.15, 0.2) is 42.7 Å². The molecule has 20 heavy (non-hydrogen) atoms. The van der Waals surface area contributed by atoms with Crippen molar-refractivity contribution in [2.75, 3.05) is 13.6 Å². The van der Waals surface area contributed by atoms with Crippen molar-refractivity contribution < 1.29 is 0 Å². The van der Waals surface area contributed by atoms with Crippen LogP contribution in [0.4, 0.5) is 0 Å². The Bertz CT molecular complexity index is 560. The molecule has 0 amide bonds. The van der Waals surface area contributed by atoms with Gasteiger partial charge in [-0.05, 0) is 48.5 Å². The third-order valence-corrected chi connectivity index (χ3v) is 3.83. The Kier molecular flexibility index (Phi) is 5.38. The van der Waals surface area contributed by atoms with Crippen LogP contribution in [0.5, 0.6) is 0 Å². The summed E-state index contributed by atoms with van der Waals surface area (Å²) in [5.74, 6) is 0. The highest BCUT2D eigenvalue weighted by Gasteiger charge is 2.18. The molecule has 1 heterocycles. The molecule has 0 bridgehead atoms. The van der Waals surface area contributed by atoms with E-state index in [1.807, 2.05) is 31.3 Å². The molecule has 3 nitrogen and oxygen atoms in total. The molecule has 0 fully saturated rings. The van der Waals surface area contributed by atoms with E-state index in [1.54, 1.807) is 18.5 Å². The van der Waals surface area contributed by atoms with Crippen molar-refractivity contribution >= 4 is 23.2 Å². The maximum atomic E-state index is 6.27. The van der Waals surface area contributed by atoms with Crippen LogP contribution in [0.1, 0.15) is 17.2 Å². The predicted molar refractivity (Wildman–Crippen MR) is 84.0 cm³/mol. The molecule has 0 aliphatic rings. The standard InChI is InChI=1S/C15H17Cl2N3/c1-20(10-11-4-6-19-7-5-11)15(9-18)13-8-12(16)2-3-14(13)17/h2-8,15H,9-10,18H2,1H3. The molecule has 2 aromatic rings. The first-order chi connectivity index (χ1) is 9.61. The Hall–Kier alpha value is -1.13. The molecule has 0 radical (unpaired) electrons. The van der Waals surface area contributed by atoms with Gasteiger partial charge in [0.2, 0.25) is 0 Å². The van der Waals surface area contributed by atoms with E-state index >= 15 is 0 Å². The lowest BCUT2D eigenvalue weighted by molar-refractivity contribution is 0.242. The summed E-state index contributed by atoms with van der Waals surface area (Å²) in [4.78, 5) is 6.18. The Morgan fingerprint density at radius 1 is 1.20 bits per heavy atom. The van der Waals surface area contributed by atoms with Crippen molar-refractivity contribution in [2.45, 2.75) is 12.6 Å². The maximum absolute atomic E-state index is 6.27. The number of hydrogen-bond acceptors (Lipinski definition) is 3. The number of pyridine rings is 1. The first kappa shape index (κ1) is 15.3. The normalized spacial score (nSPS) is 12.7. The summed E-state index contributed by atoms with van der Waals surface area (Å²) in [5, 5.41) is 1.35. The van der Waals surface area contributed by atoms with Crippen LogP contribution in [-0.4, -0.2) is 23.5 Å². The number of rotatable bonds is 5. The molecular formula is C15H17Cl2N3. The number of hydrogen-bond donors (Lipinski definition) is 1. The molecule has 1 atom stereocenters. The minimum Gasteiger partial charge on any atom is -0.329 e. The van der Waals surface area contributed by atoms with Gasteiger partial charge in [0, 0.05) is 41.6 Å². The molecule has 0 saturated carbocycles. The summed E-state index contributed by atoms with van der Waals surface area (Å²) in [5.41, 5.74) is 8.06. The van der Waals surface area contributed by atoms with Gasteiger partial charge in [0.1, 0.15) is 0 Å². The smallest absolute Gasteiger partial charge is 0.0486 e. The number of aromatic nitrogens is 1. The maximum Gasteiger partial charge on any atom is 0.0486 e. The molecule has 106 valence electrons. The average molecular weight is 310 g/mol. The van der Waals surface area contributed by atoms with Crippen LogP contribution in [0, 0.1) is 0 Å². The Labute approximate surface area is 129 Å². The van der Waals surface area contributed by atoms with E-state index in [0.29, 0.717) is 16.6 Å². The van der Waals surface area contributed by atoms with Gasteiger partial charge >= 0.3 is 0 Å². The highest BCUT2D eigenvalue weighted by Crippen LogP contribution is 2.29. The quantitative estimate of drug-likeness (QED) is 0.919. The zero-order valence-corrected chi connectivity index (χ0v) is 12.8. The molecule has 1 aromatic heterocycles. The van der Waals surface area contributed by atoms with Gasteiger partial charge in [-0.25, -0.2) is 0 Å². The van der Waals surface area contributed by atoms with Crippen molar-refractivity contribution in [3.63, 3.8) is 0 Å². The molecule has 5 heteroatoms. The largest absolute Gasteiger partial charge is 0.329 e. The van der Waals surface area contributed by atoms with Crippen LogP contribution in [0.2, 0.25) is 10.0 Å². The van der Waals surface area contributed by atoms with Crippen LogP contribution in [0.25, 0.3) is 0 Å². The number of nitrogens with two attached hydrogens (primary N) is 1. The number of nitrogens with zero attached hydrogens (tertiary/aromatic N) is 2. The summed E-state index contributed by atoms with van der Waals surface area (Å²) in [6, 6.07) is 9.47. The topological polar surface area (TPSA) is 42.2 Å². The summed E-state index contributed by atoms with van der Waals surface area (Å²) < 4.78 is 0. The van der Waals surface area contributed by atoms with Crippen LogP contribution < -0.4 is 5.73 Å². The van der Waals surface area contributed by atoms with Crippen molar-refractivity contribution in [2.24, 2.45) is 5.73 Å². The molecule has 0 aliphatic carbocycles. The molecule has 0 saturated heterocycles. The van der Waals surface area contributed by atoms with Gasteiger partial charge in [-0.2, -0.15) is 0 Å². The second kappa shape index (κ2) is 7.04. The summed E-state index contributed by atoms with van der Waals surface area (Å²) >= 11 is 12.3. The summed E-state index contributed by atoms with van der Waals surface area (Å²) in [7, 11) is 2.02. The van der Waals surface area contributed by atoms with E-state index in [4.69, 9.17) is 28.9 Å². The van der Waals surface area contributed by atoms with Gasteiger partial charge in [0.15, 0.2) is 0 Å². The Morgan fingerprint density at radius 3 is 2.55 bits per heavy atom. The fourth-order valence-corrected chi connectivity index (χ4v) is 2.62. The van der Waals surface area contributed by atoms with E-state index in [0.717, 1.165) is 12.1 Å². The highest BCUT2D eigenvalue weighted by molar-refractivity contribution is 6.33. The van der Waals surface area contributed by atoms with Crippen molar-refractivity contribution in [3.8, 4) is 0 Å². The van der Waals surface area contributed by atoms with E-state index in [1.165, 1.54) is 5.56 Å². The van der Waals surface area contributed by atoms with Crippen LogP contribution >= 0.6 is 23.2 Å². The van der Waals surface area contributed by atoms with E-state index in [-0.39, 0.29) is 6.04 Å². The number of likely N-dealkylation sites (N-methyl/N-ethyl adjacent to an activating group) is 1. The molecule has 1 unspecified atom stereocenters. The van der Waals surface area contributed by atoms with E-state index in [2.05, 4.69) is 9.88 Å². The zero-order chi connectivity index (χ0) is 14.5. The van der Waals surface area contributed by atoms with Crippen LogP contribution in [0.3, 0.4) is 0 Å². The predicted octanol–water partition coefficient (Wildman–Crippen LogP) is 3.52. The van der Waals surface area contributed by atoms with Gasteiger partial charge in [-0.3, -0.25) is 9.88 Å². The van der Waals surface area contributed by atoms with Crippen molar-refractivity contribution in [1.29, 1.82) is 0 Å². The average Bonchev–Trinajstić information content (AvgIpc) is 2.44. The highest BCUT2D eigenvalue weighted by atomic mass is 35.5. The second-order valence-electron chi connectivity index (χ2n) is 4.69. The fraction of sp³-hybridized carbons (Fsp3) is 0.267. The van der Waals surface area contributed by atoms with Gasteiger partial charge in [0.25, 0.3) is 0 Å². The fourth-order valence-electron chi connectivity index (χ4n) is 2.20. The lowest BCUT2D eigenvalue weighted by Crippen LogP contribution is -2.30. The van der Waals surface area contributed by atoms with Gasteiger partial charge < -0.3 is 5.73 Å². The SMILES string of the molecule is CN(Cc1ccncc1)C(CN)c1cc(Cl)ccc1Cl. The Morgan fingerprint density at radius 2 is 1.90 bits per heavy atom. The second-order valence-corrected chi connectivity index (χ2v) is 5.53. The lowest BCUT2D eigenvalue weighted by atomic mass is 10.0. The molecule has 2 rings (SSSR count). The zero-order valence-electron chi connectivity index (χ0n) is 11.3. The molecule has 1 aromatic carbocycles. The monoisotopic (exact) mass is 309 g/mol. The van der Waals surface area contributed by atoms with Gasteiger partial charge in [-0.1, -0.05) is 23.2 Å². The molecule has 0 aliphatic heterocycles. The Balaban J connectivity index is 2.21. The van der Waals surface area contributed by atoms with E-state index < -0.39 is 0 Å². The van der Waals surface area contributed by atoms with Crippen molar-refractivity contribution in [1.82, 2.24) is 9.88 Å². The summed E-state index contributed by atoms with van der Waals surface area (Å²) in [6.07, 6.45) is 3.57. The van der Waals surface area contributed by atoms with E-state index in [9.17, 15) is 0 Å². The molecule has 2 N–H and O–H groups in total. The minimum atomic E-state index is 0.0226. The lowest BCUT2D eigenvalue weighted by Gasteiger charge is -2.28. The van der Waals surface area contributed by atoms with Gasteiger partial charge in [0.05, 0.1) is 0 Å². The number of benzene rings is 1. The van der Waals surface area contributed by atoms with Crippen LogP contribution in [-0.2, 0) is 6.54 Å². The molecule has 0 spiro atoms. The molecular weight excluding hydrogens is 293 g/mol.